The Morgan fingerprint density at radius 1 is 1.44 bits per heavy atom. The van der Waals surface area contributed by atoms with Crippen molar-refractivity contribution >= 4 is 5.91 Å². The first-order valence-electron chi connectivity index (χ1n) is 9.08. The van der Waals surface area contributed by atoms with Gasteiger partial charge in [0, 0.05) is 37.9 Å². The van der Waals surface area contributed by atoms with E-state index in [1.807, 2.05) is 23.7 Å². The summed E-state index contributed by atoms with van der Waals surface area (Å²) < 4.78 is 7.67. The highest BCUT2D eigenvalue weighted by atomic mass is 16.3. The van der Waals surface area contributed by atoms with Crippen molar-refractivity contribution in [1.29, 1.82) is 0 Å². The molecule has 0 unspecified atom stereocenters. The van der Waals surface area contributed by atoms with Crippen LogP contribution in [0.5, 0.6) is 0 Å². The standard InChI is InChI=1S/C19H28N4O2/c1-5-10-23-17-9-7-14(20-12-15-8-6-13(2)25-15)11-16(17)18(21-23)19(24)22(3)4/h6,8,14,20H,5,7,9-12H2,1-4H3/t14-/m0/s1. The van der Waals surface area contributed by atoms with E-state index in [0.717, 1.165) is 49.3 Å². The van der Waals surface area contributed by atoms with Crippen LogP contribution in [0.25, 0.3) is 0 Å². The Morgan fingerprint density at radius 2 is 2.24 bits per heavy atom. The summed E-state index contributed by atoms with van der Waals surface area (Å²) in [5.41, 5.74) is 2.97. The maximum Gasteiger partial charge on any atom is 0.274 e. The third kappa shape index (κ3) is 3.79. The summed E-state index contributed by atoms with van der Waals surface area (Å²) in [6, 6.07) is 4.33. The number of carbonyl (C=O) groups excluding carboxylic acids is 1. The zero-order chi connectivity index (χ0) is 18.0. The molecule has 6 heteroatoms. The normalized spacial score (nSPS) is 16.7. The number of hydrogen-bond acceptors (Lipinski definition) is 4. The van der Waals surface area contributed by atoms with Gasteiger partial charge >= 0.3 is 0 Å². The van der Waals surface area contributed by atoms with E-state index >= 15 is 0 Å². The molecule has 2 heterocycles. The van der Waals surface area contributed by atoms with Gasteiger partial charge in [-0.3, -0.25) is 9.48 Å². The number of nitrogens with one attached hydrogen (secondary N) is 1. The first kappa shape index (κ1) is 17.7. The molecule has 0 saturated heterocycles. The topological polar surface area (TPSA) is 63.3 Å². The lowest BCUT2D eigenvalue weighted by molar-refractivity contribution is 0.0819. The fraction of sp³-hybridized carbons (Fsp3) is 0.579. The SMILES string of the molecule is CCCn1nc(C(=O)N(C)C)c2c1CC[C@H](NCc1ccc(C)o1)C2. The van der Waals surface area contributed by atoms with E-state index in [1.165, 1.54) is 5.69 Å². The summed E-state index contributed by atoms with van der Waals surface area (Å²) in [7, 11) is 3.57. The fourth-order valence-electron chi connectivity index (χ4n) is 3.47. The van der Waals surface area contributed by atoms with Crippen LogP contribution >= 0.6 is 0 Å². The molecule has 2 aromatic rings. The van der Waals surface area contributed by atoms with Crippen molar-refractivity contribution in [1.82, 2.24) is 20.0 Å². The van der Waals surface area contributed by atoms with Gasteiger partial charge in [-0.1, -0.05) is 6.92 Å². The van der Waals surface area contributed by atoms with Gasteiger partial charge < -0.3 is 14.6 Å². The monoisotopic (exact) mass is 344 g/mol. The zero-order valence-corrected chi connectivity index (χ0v) is 15.6. The number of rotatable bonds is 6. The molecule has 136 valence electrons. The van der Waals surface area contributed by atoms with Gasteiger partial charge in [-0.05, 0) is 44.7 Å². The highest BCUT2D eigenvalue weighted by Gasteiger charge is 2.29. The first-order chi connectivity index (χ1) is 12.0. The summed E-state index contributed by atoms with van der Waals surface area (Å²) in [6.07, 6.45) is 3.87. The molecule has 25 heavy (non-hydrogen) atoms. The van der Waals surface area contributed by atoms with Crippen LogP contribution in [0.2, 0.25) is 0 Å². The van der Waals surface area contributed by atoms with Crippen LogP contribution in [0.3, 0.4) is 0 Å². The Balaban J connectivity index is 1.77. The van der Waals surface area contributed by atoms with Gasteiger partial charge in [0.05, 0.1) is 6.54 Å². The molecule has 1 aliphatic rings. The molecule has 0 bridgehead atoms. The largest absolute Gasteiger partial charge is 0.465 e. The minimum atomic E-state index is -0.00610. The van der Waals surface area contributed by atoms with E-state index in [4.69, 9.17) is 4.42 Å². The lowest BCUT2D eigenvalue weighted by atomic mass is 9.91. The van der Waals surface area contributed by atoms with E-state index in [2.05, 4.69) is 17.3 Å². The predicted molar refractivity (Wildman–Crippen MR) is 96.6 cm³/mol. The summed E-state index contributed by atoms with van der Waals surface area (Å²) in [6.45, 7) is 5.68. The second kappa shape index (κ2) is 7.44. The minimum Gasteiger partial charge on any atom is -0.465 e. The van der Waals surface area contributed by atoms with Gasteiger partial charge in [-0.2, -0.15) is 5.10 Å². The van der Waals surface area contributed by atoms with Crippen molar-refractivity contribution in [2.45, 2.75) is 58.7 Å². The van der Waals surface area contributed by atoms with Crippen LogP contribution in [0.15, 0.2) is 16.5 Å². The fourth-order valence-corrected chi connectivity index (χ4v) is 3.47. The highest BCUT2D eigenvalue weighted by Crippen LogP contribution is 2.26. The van der Waals surface area contributed by atoms with E-state index in [0.29, 0.717) is 18.3 Å². The van der Waals surface area contributed by atoms with Crippen molar-refractivity contribution < 1.29 is 9.21 Å². The van der Waals surface area contributed by atoms with Crippen molar-refractivity contribution in [3.8, 4) is 0 Å². The van der Waals surface area contributed by atoms with Gasteiger partial charge in [-0.25, -0.2) is 0 Å². The van der Waals surface area contributed by atoms with Crippen molar-refractivity contribution in [2.75, 3.05) is 14.1 Å². The molecule has 2 aromatic heterocycles. The van der Waals surface area contributed by atoms with Crippen LogP contribution in [0.1, 0.15) is 53.0 Å². The number of carbonyl (C=O) groups is 1. The quantitative estimate of drug-likeness (QED) is 0.875. The van der Waals surface area contributed by atoms with E-state index in [1.54, 1.807) is 19.0 Å². The molecule has 0 saturated carbocycles. The number of aryl methyl sites for hydroxylation is 2. The Labute approximate surface area is 149 Å². The van der Waals surface area contributed by atoms with Crippen LogP contribution in [-0.2, 0) is 25.9 Å². The smallest absolute Gasteiger partial charge is 0.274 e. The lowest BCUT2D eigenvalue weighted by Gasteiger charge is -2.24. The molecule has 0 aromatic carbocycles. The molecular weight excluding hydrogens is 316 g/mol. The summed E-state index contributed by atoms with van der Waals surface area (Å²) >= 11 is 0. The number of furan rings is 1. The van der Waals surface area contributed by atoms with Gasteiger partial charge in [-0.15, -0.1) is 0 Å². The summed E-state index contributed by atoms with van der Waals surface area (Å²) in [5, 5.41) is 8.21. The van der Waals surface area contributed by atoms with E-state index in [9.17, 15) is 4.79 Å². The maximum absolute atomic E-state index is 12.5. The molecule has 1 N–H and O–H groups in total. The van der Waals surface area contributed by atoms with E-state index < -0.39 is 0 Å². The molecule has 0 fully saturated rings. The summed E-state index contributed by atoms with van der Waals surface area (Å²) in [4.78, 5) is 14.2. The molecule has 0 spiro atoms. The van der Waals surface area contributed by atoms with Crippen LogP contribution in [0.4, 0.5) is 0 Å². The number of nitrogens with zero attached hydrogens (tertiary/aromatic N) is 3. The Hall–Kier alpha value is -2.08. The van der Waals surface area contributed by atoms with Crippen LogP contribution in [-0.4, -0.2) is 40.7 Å². The molecule has 1 atom stereocenters. The average molecular weight is 344 g/mol. The zero-order valence-electron chi connectivity index (χ0n) is 15.6. The molecule has 1 amide bonds. The second-order valence-electron chi connectivity index (χ2n) is 7.03. The Morgan fingerprint density at radius 3 is 2.88 bits per heavy atom. The van der Waals surface area contributed by atoms with E-state index in [-0.39, 0.29) is 5.91 Å². The van der Waals surface area contributed by atoms with Gasteiger partial charge in [0.25, 0.3) is 5.91 Å². The minimum absolute atomic E-state index is 0.00610. The number of hydrogen-bond donors (Lipinski definition) is 1. The Bertz CT molecular complexity index is 745. The lowest BCUT2D eigenvalue weighted by Crippen LogP contribution is -2.35. The predicted octanol–water partition coefficient (Wildman–Crippen LogP) is 2.54. The highest BCUT2D eigenvalue weighted by molar-refractivity contribution is 5.93. The third-order valence-corrected chi connectivity index (χ3v) is 4.75. The molecule has 1 aliphatic carbocycles. The van der Waals surface area contributed by atoms with Gasteiger partial charge in [0.1, 0.15) is 11.5 Å². The molecule has 0 radical (unpaired) electrons. The average Bonchev–Trinajstić information content (AvgIpc) is 3.16. The Kier molecular flexibility index (Phi) is 5.27. The van der Waals surface area contributed by atoms with Crippen LogP contribution in [0, 0.1) is 6.92 Å². The summed E-state index contributed by atoms with van der Waals surface area (Å²) in [5.74, 6) is 1.88. The van der Waals surface area contributed by atoms with Gasteiger partial charge in [0.2, 0.25) is 0 Å². The number of amides is 1. The molecule has 6 nitrogen and oxygen atoms in total. The second-order valence-corrected chi connectivity index (χ2v) is 7.03. The van der Waals surface area contributed by atoms with Crippen molar-refractivity contribution in [2.24, 2.45) is 0 Å². The number of fused-ring (bicyclic) bond motifs is 1. The maximum atomic E-state index is 12.5. The van der Waals surface area contributed by atoms with Crippen molar-refractivity contribution in [3.05, 3.63) is 40.6 Å². The third-order valence-electron chi connectivity index (χ3n) is 4.75. The van der Waals surface area contributed by atoms with Crippen LogP contribution < -0.4 is 5.32 Å². The number of aromatic nitrogens is 2. The van der Waals surface area contributed by atoms with Crippen molar-refractivity contribution in [3.63, 3.8) is 0 Å². The first-order valence-corrected chi connectivity index (χ1v) is 9.08. The van der Waals surface area contributed by atoms with Gasteiger partial charge in [0.15, 0.2) is 5.69 Å². The molecule has 3 rings (SSSR count). The molecule has 0 aliphatic heterocycles. The molecular formula is C19H28N4O2.